The van der Waals surface area contributed by atoms with Gasteiger partial charge in [0.1, 0.15) is 11.5 Å². The molecule has 1 aromatic heterocycles. The lowest BCUT2D eigenvalue weighted by molar-refractivity contribution is 0.102. The van der Waals surface area contributed by atoms with E-state index < -0.39 is 0 Å². The van der Waals surface area contributed by atoms with Gasteiger partial charge in [-0.3, -0.25) is 4.79 Å². The van der Waals surface area contributed by atoms with Crippen LogP contribution >= 0.6 is 11.6 Å². The molecule has 2 N–H and O–H groups in total. The minimum absolute atomic E-state index is 0.252. The second kappa shape index (κ2) is 7.89. The largest absolute Gasteiger partial charge is 0.368 e. The number of nitrogens with zero attached hydrogens (tertiary/aromatic N) is 3. The maximum atomic E-state index is 12.2. The van der Waals surface area contributed by atoms with Crippen LogP contribution < -0.4 is 10.6 Å². The minimum Gasteiger partial charge on any atom is -0.368 e. The van der Waals surface area contributed by atoms with Crippen LogP contribution in [0.5, 0.6) is 0 Å². The molecule has 1 amide bonds. The summed E-state index contributed by atoms with van der Waals surface area (Å²) in [5, 5.41) is 6.54. The Labute approximate surface area is 140 Å². The molecule has 7 heteroatoms. The number of nitrogens with one attached hydrogen (secondary N) is 2. The van der Waals surface area contributed by atoms with E-state index in [0.717, 1.165) is 18.7 Å². The number of carbonyl (C=O) groups is 1. The third-order valence-corrected chi connectivity index (χ3v) is 3.67. The fourth-order valence-electron chi connectivity index (χ4n) is 1.87. The molecule has 0 aliphatic rings. The highest BCUT2D eigenvalue weighted by atomic mass is 35.5. The Bertz CT molecular complexity index is 673. The first-order chi connectivity index (χ1) is 11.0. The second-order valence-electron chi connectivity index (χ2n) is 5.38. The molecule has 1 heterocycles. The van der Waals surface area contributed by atoms with Crippen LogP contribution in [0.4, 0.5) is 11.5 Å². The molecule has 2 rings (SSSR count). The van der Waals surface area contributed by atoms with E-state index >= 15 is 0 Å². The molecule has 0 saturated carbocycles. The summed E-state index contributed by atoms with van der Waals surface area (Å²) in [5.74, 6) is 0.324. The van der Waals surface area contributed by atoms with Crippen molar-refractivity contribution in [2.45, 2.75) is 6.92 Å². The molecule has 2 aromatic rings. The molecule has 6 nitrogen and oxygen atoms in total. The zero-order valence-corrected chi connectivity index (χ0v) is 14.2. The van der Waals surface area contributed by atoms with Gasteiger partial charge in [0.25, 0.3) is 5.91 Å². The number of amides is 1. The van der Waals surface area contributed by atoms with Crippen molar-refractivity contribution < 1.29 is 4.79 Å². The Morgan fingerprint density at radius 1 is 1.26 bits per heavy atom. The van der Waals surface area contributed by atoms with Gasteiger partial charge in [-0.1, -0.05) is 17.7 Å². The molecule has 0 fully saturated rings. The Balaban J connectivity index is 1.98. The van der Waals surface area contributed by atoms with Crippen LogP contribution in [0, 0.1) is 6.92 Å². The van der Waals surface area contributed by atoms with E-state index in [1.165, 1.54) is 6.20 Å². The van der Waals surface area contributed by atoms with Gasteiger partial charge in [0.2, 0.25) is 0 Å². The van der Waals surface area contributed by atoms with E-state index in [-0.39, 0.29) is 11.6 Å². The lowest BCUT2D eigenvalue weighted by Crippen LogP contribution is -2.21. The van der Waals surface area contributed by atoms with Crippen molar-refractivity contribution in [2.75, 3.05) is 37.8 Å². The average Bonchev–Trinajstić information content (AvgIpc) is 2.52. The Hall–Kier alpha value is -2.18. The van der Waals surface area contributed by atoms with Gasteiger partial charge in [-0.15, -0.1) is 0 Å². The maximum Gasteiger partial charge on any atom is 0.275 e. The average molecular weight is 334 g/mol. The molecule has 0 spiro atoms. The first kappa shape index (κ1) is 17.2. The monoisotopic (exact) mass is 333 g/mol. The van der Waals surface area contributed by atoms with E-state index in [4.69, 9.17) is 11.6 Å². The molecule has 1 aromatic carbocycles. The van der Waals surface area contributed by atoms with E-state index in [2.05, 4.69) is 25.5 Å². The molecular formula is C16H20ClN5O. The predicted octanol–water partition coefficient (Wildman–Crippen LogP) is 2.66. The normalized spacial score (nSPS) is 10.7. The lowest BCUT2D eigenvalue weighted by Gasteiger charge is -2.11. The number of benzene rings is 1. The summed E-state index contributed by atoms with van der Waals surface area (Å²) in [7, 11) is 4.00. The highest BCUT2D eigenvalue weighted by molar-refractivity contribution is 6.31. The summed E-state index contributed by atoms with van der Waals surface area (Å²) in [6.45, 7) is 3.49. The number of hydrogen-bond acceptors (Lipinski definition) is 5. The van der Waals surface area contributed by atoms with Gasteiger partial charge in [0.05, 0.1) is 12.4 Å². The Morgan fingerprint density at radius 3 is 2.70 bits per heavy atom. The van der Waals surface area contributed by atoms with Gasteiger partial charge in [0, 0.05) is 23.8 Å². The van der Waals surface area contributed by atoms with Crippen molar-refractivity contribution in [3.63, 3.8) is 0 Å². The third-order valence-electron chi connectivity index (χ3n) is 3.27. The van der Waals surface area contributed by atoms with E-state index in [1.54, 1.807) is 24.4 Å². The van der Waals surface area contributed by atoms with Gasteiger partial charge in [0.15, 0.2) is 0 Å². The van der Waals surface area contributed by atoms with E-state index in [9.17, 15) is 4.79 Å². The first-order valence-corrected chi connectivity index (χ1v) is 7.62. The second-order valence-corrected chi connectivity index (χ2v) is 5.79. The molecule has 0 aliphatic heterocycles. The zero-order chi connectivity index (χ0) is 16.8. The lowest BCUT2D eigenvalue weighted by atomic mass is 10.2. The van der Waals surface area contributed by atoms with Crippen molar-refractivity contribution in [1.82, 2.24) is 14.9 Å². The topological polar surface area (TPSA) is 70.2 Å². The molecular weight excluding hydrogens is 314 g/mol. The van der Waals surface area contributed by atoms with Crippen molar-refractivity contribution in [1.29, 1.82) is 0 Å². The number of likely N-dealkylation sites (N-methyl/N-ethyl adjacent to an activating group) is 1. The van der Waals surface area contributed by atoms with Crippen LogP contribution in [0.25, 0.3) is 0 Å². The quantitative estimate of drug-likeness (QED) is 0.850. The number of aromatic nitrogens is 2. The predicted molar refractivity (Wildman–Crippen MR) is 93.2 cm³/mol. The number of rotatable bonds is 6. The molecule has 0 bridgehead atoms. The number of halogens is 1. The summed E-state index contributed by atoms with van der Waals surface area (Å²) >= 11 is 6.04. The minimum atomic E-state index is -0.317. The smallest absolute Gasteiger partial charge is 0.275 e. The van der Waals surface area contributed by atoms with Crippen LogP contribution in [0.15, 0.2) is 30.6 Å². The fraction of sp³-hybridized carbons (Fsp3) is 0.312. The van der Waals surface area contributed by atoms with Crippen molar-refractivity contribution >= 4 is 29.0 Å². The molecule has 0 saturated heterocycles. The van der Waals surface area contributed by atoms with Crippen LogP contribution in [-0.2, 0) is 0 Å². The zero-order valence-electron chi connectivity index (χ0n) is 13.4. The summed E-state index contributed by atoms with van der Waals surface area (Å²) in [6.07, 6.45) is 3.00. The van der Waals surface area contributed by atoms with E-state index in [1.807, 2.05) is 21.0 Å². The molecule has 0 unspecified atom stereocenters. The highest BCUT2D eigenvalue weighted by Gasteiger charge is 2.11. The van der Waals surface area contributed by atoms with Gasteiger partial charge < -0.3 is 15.5 Å². The van der Waals surface area contributed by atoms with Crippen LogP contribution in [0.1, 0.15) is 16.1 Å². The number of hydrogen-bond donors (Lipinski definition) is 2. The molecule has 0 atom stereocenters. The molecule has 122 valence electrons. The van der Waals surface area contributed by atoms with Crippen LogP contribution in [0.3, 0.4) is 0 Å². The van der Waals surface area contributed by atoms with Gasteiger partial charge in [-0.25, -0.2) is 9.97 Å². The summed E-state index contributed by atoms with van der Waals surface area (Å²) in [6, 6.07) is 5.36. The standard InChI is InChI=1S/C16H20ClN5O/c1-11-12(17)5-4-6-13(11)21-16(23)14-9-20-15(10-19-14)18-7-8-22(2)3/h4-6,9-10H,7-8H2,1-3H3,(H,18,20)(H,21,23). The molecule has 23 heavy (non-hydrogen) atoms. The van der Waals surface area contributed by atoms with Crippen molar-refractivity contribution in [3.05, 3.63) is 46.9 Å². The maximum absolute atomic E-state index is 12.2. The SMILES string of the molecule is Cc1c(Cl)cccc1NC(=O)c1cnc(NCCN(C)C)cn1. The van der Waals surface area contributed by atoms with Gasteiger partial charge in [-0.2, -0.15) is 0 Å². The van der Waals surface area contributed by atoms with E-state index in [0.29, 0.717) is 16.5 Å². The number of carbonyl (C=O) groups excluding carboxylic acids is 1. The van der Waals surface area contributed by atoms with Crippen LogP contribution in [-0.4, -0.2) is 48.0 Å². The van der Waals surface area contributed by atoms with Gasteiger partial charge in [-0.05, 0) is 38.7 Å². The molecule has 0 aliphatic carbocycles. The molecule has 0 radical (unpaired) electrons. The summed E-state index contributed by atoms with van der Waals surface area (Å²) in [5.41, 5.74) is 1.73. The Kier molecular flexibility index (Phi) is 5.90. The van der Waals surface area contributed by atoms with Gasteiger partial charge >= 0.3 is 0 Å². The fourth-order valence-corrected chi connectivity index (χ4v) is 2.05. The van der Waals surface area contributed by atoms with Crippen molar-refractivity contribution in [2.24, 2.45) is 0 Å². The van der Waals surface area contributed by atoms with Crippen molar-refractivity contribution in [3.8, 4) is 0 Å². The third kappa shape index (κ3) is 4.91. The van der Waals surface area contributed by atoms with Crippen LogP contribution in [0.2, 0.25) is 5.02 Å². The summed E-state index contributed by atoms with van der Waals surface area (Å²) < 4.78 is 0. The first-order valence-electron chi connectivity index (χ1n) is 7.24. The number of anilines is 2. The Morgan fingerprint density at radius 2 is 2.04 bits per heavy atom. The summed E-state index contributed by atoms with van der Waals surface area (Å²) in [4.78, 5) is 22.6. The highest BCUT2D eigenvalue weighted by Crippen LogP contribution is 2.23.